The lowest BCUT2D eigenvalue weighted by Crippen LogP contribution is -2.25. The second-order valence-electron chi connectivity index (χ2n) is 5.55. The van der Waals surface area contributed by atoms with Crippen LogP contribution in [0.1, 0.15) is 18.5 Å². The molecule has 2 atom stereocenters. The van der Waals surface area contributed by atoms with E-state index in [4.69, 9.17) is 4.74 Å². The molecule has 0 radical (unpaired) electrons. The van der Waals surface area contributed by atoms with Crippen LogP contribution in [0.25, 0.3) is 11.0 Å². The van der Waals surface area contributed by atoms with E-state index in [1.807, 2.05) is 12.1 Å². The first-order chi connectivity index (χ1) is 10.7. The van der Waals surface area contributed by atoms with Gasteiger partial charge in [0.05, 0.1) is 23.4 Å². The lowest BCUT2D eigenvalue weighted by atomic mass is 10.0. The van der Waals surface area contributed by atoms with Gasteiger partial charge >= 0.3 is 0 Å². The van der Waals surface area contributed by atoms with Crippen LogP contribution in [0.15, 0.2) is 67.3 Å². The van der Waals surface area contributed by atoms with Crippen LogP contribution in [0.2, 0.25) is 0 Å². The van der Waals surface area contributed by atoms with Crippen LogP contribution in [-0.2, 0) is 4.74 Å². The van der Waals surface area contributed by atoms with Crippen LogP contribution in [-0.4, -0.2) is 16.1 Å². The van der Waals surface area contributed by atoms with Gasteiger partial charge in [0.15, 0.2) is 5.88 Å². The third kappa shape index (κ3) is 1.96. The number of nitrogens with zero attached hydrogens (tertiary/aromatic N) is 2. The quantitative estimate of drug-likeness (QED) is 0.776. The van der Waals surface area contributed by atoms with E-state index in [-0.39, 0.29) is 12.1 Å². The monoisotopic (exact) mass is 291 g/mol. The Bertz CT molecular complexity index is 824. The number of anilines is 1. The van der Waals surface area contributed by atoms with Crippen LogP contribution in [0.4, 0.5) is 5.69 Å². The molecule has 3 aromatic rings. The Labute approximate surface area is 129 Å². The van der Waals surface area contributed by atoms with Gasteiger partial charge in [0, 0.05) is 5.69 Å². The first-order valence-electron chi connectivity index (χ1n) is 7.37. The summed E-state index contributed by atoms with van der Waals surface area (Å²) in [4.78, 5) is 9.58. The smallest absolute Gasteiger partial charge is 0.187 e. The molecule has 4 heteroatoms. The predicted octanol–water partition coefficient (Wildman–Crippen LogP) is 4.00. The summed E-state index contributed by atoms with van der Waals surface area (Å²) in [6.45, 7) is 6.16. The Morgan fingerprint density at radius 3 is 2.82 bits per heavy atom. The molecule has 22 heavy (non-hydrogen) atoms. The van der Waals surface area contributed by atoms with E-state index < -0.39 is 0 Å². The lowest BCUT2D eigenvalue weighted by molar-refractivity contribution is 0.168. The van der Waals surface area contributed by atoms with Gasteiger partial charge in [0.1, 0.15) is 6.10 Å². The van der Waals surface area contributed by atoms with E-state index in [0.717, 1.165) is 16.7 Å². The molecule has 1 N–H and O–H groups in total. The summed E-state index contributed by atoms with van der Waals surface area (Å²) in [6.07, 6.45) is 1.76. The molecule has 1 aliphatic heterocycles. The molecule has 0 bridgehead atoms. The van der Waals surface area contributed by atoms with Gasteiger partial charge in [-0.05, 0) is 37.3 Å². The first kappa shape index (κ1) is 13.0. The molecule has 1 aromatic heterocycles. The molecule has 1 fully saturated rings. The largest absolute Gasteiger partial charge is 0.474 e. The zero-order valence-electron chi connectivity index (χ0n) is 12.4. The maximum atomic E-state index is 5.89. The fraction of sp³-hybridized carbons (Fsp3) is 0.167. The summed E-state index contributed by atoms with van der Waals surface area (Å²) < 4.78 is 5.89. The Balaban J connectivity index is 1.81. The summed E-state index contributed by atoms with van der Waals surface area (Å²) in [5.41, 5.74) is 4.24. The van der Waals surface area contributed by atoms with Crippen molar-refractivity contribution in [3.05, 3.63) is 72.9 Å². The summed E-state index contributed by atoms with van der Waals surface area (Å²) in [5.74, 6) is 0.681. The summed E-state index contributed by atoms with van der Waals surface area (Å²) >= 11 is 0. The Morgan fingerprint density at radius 1 is 1.18 bits per heavy atom. The van der Waals surface area contributed by atoms with E-state index in [1.54, 1.807) is 6.33 Å². The number of aromatic amines is 1. The molecule has 0 aliphatic carbocycles. The molecular formula is C18H17N3O. The molecule has 1 saturated heterocycles. The second-order valence-corrected chi connectivity index (χ2v) is 5.55. The summed E-state index contributed by atoms with van der Waals surface area (Å²) in [5, 5.41) is 0. The van der Waals surface area contributed by atoms with Gasteiger partial charge in [-0.3, -0.25) is 0 Å². The molecule has 2 heterocycles. The number of benzene rings is 2. The number of fused-ring (bicyclic) bond motifs is 1. The van der Waals surface area contributed by atoms with Crippen molar-refractivity contribution in [2.24, 2.45) is 0 Å². The fourth-order valence-corrected chi connectivity index (χ4v) is 3.15. The van der Waals surface area contributed by atoms with Crippen molar-refractivity contribution in [3.63, 3.8) is 0 Å². The van der Waals surface area contributed by atoms with Gasteiger partial charge in [0.25, 0.3) is 0 Å². The Hall–Kier alpha value is -2.75. The fourth-order valence-electron chi connectivity index (χ4n) is 3.15. The van der Waals surface area contributed by atoms with E-state index in [9.17, 15) is 0 Å². The van der Waals surface area contributed by atoms with Crippen molar-refractivity contribution in [1.82, 2.24) is 9.97 Å². The van der Waals surface area contributed by atoms with Gasteiger partial charge in [-0.25, -0.2) is 4.98 Å². The van der Waals surface area contributed by atoms with Crippen molar-refractivity contribution in [2.45, 2.75) is 19.1 Å². The van der Waals surface area contributed by atoms with Gasteiger partial charge in [0.2, 0.25) is 0 Å². The van der Waals surface area contributed by atoms with Crippen molar-refractivity contribution in [2.75, 3.05) is 4.90 Å². The summed E-state index contributed by atoms with van der Waals surface area (Å²) in [6, 6.07) is 16.7. The maximum absolute atomic E-state index is 5.89. The SMILES string of the molecule is C=C1O[C@@H](C)[C@H](c2ccccc2)N1c1ccc2nc[nH]c2c1. The van der Waals surface area contributed by atoms with Crippen molar-refractivity contribution in [1.29, 1.82) is 0 Å². The minimum absolute atomic E-state index is 0.0485. The second kappa shape index (κ2) is 4.91. The lowest BCUT2D eigenvalue weighted by Gasteiger charge is -2.26. The molecule has 4 rings (SSSR count). The normalized spacial score (nSPS) is 21.3. The van der Waals surface area contributed by atoms with Crippen LogP contribution in [0, 0.1) is 0 Å². The topological polar surface area (TPSA) is 41.1 Å². The zero-order valence-corrected chi connectivity index (χ0v) is 12.4. The van der Waals surface area contributed by atoms with Crippen molar-refractivity contribution < 1.29 is 4.74 Å². The average Bonchev–Trinajstić information content (AvgIpc) is 3.11. The van der Waals surface area contributed by atoms with Crippen molar-refractivity contribution in [3.8, 4) is 0 Å². The van der Waals surface area contributed by atoms with Crippen LogP contribution >= 0.6 is 0 Å². The molecule has 0 saturated carbocycles. The van der Waals surface area contributed by atoms with E-state index in [0.29, 0.717) is 5.88 Å². The van der Waals surface area contributed by atoms with Crippen LogP contribution in [0.5, 0.6) is 0 Å². The third-order valence-corrected chi connectivity index (χ3v) is 4.14. The standard InChI is InChI=1S/C18H17N3O/c1-12-18(14-6-4-3-5-7-14)21(13(2)22-12)15-8-9-16-17(10-15)20-11-19-16/h3-12,18H,2H2,1H3,(H,19,20)/t12-,18+/m0/s1. The number of nitrogens with one attached hydrogen (secondary N) is 1. The minimum Gasteiger partial charge on any atom is -0.474 e. The first-order valence-corrected chi connectivity index (χ1v) is 7.37. The van der Waals surface area contributed by atoms with Gasteiger partial charge in [-0.1, -0.05) is 30.3 Å². The van der Waals surface area contributed by atoms with Crippen LogP contribution in [0.3, 0.4) is 0 Å². The predicted molar refractivity (Wildman–Crippen MR) is 87.4 cm³/mol. The number of H-pyrrole nitrogens is 1. The number of hydrogen-bond acceptors (Lipinski definition) is 3. The average molecular weight is 291 g/mol. The molecule has 0 spiro atoms. The highest BCUT2D eigenvalue weighted by atomic mass is 16.5. The number of aromatic nitrogens is 2. The highest BCUT2D eigenvalue weighted by Crippen LogP contribution is 2.41. The number of ether oxygens (including phenoxy) is 1. The molecule has 2 aromatic carbocycles. The van der Waals surface area contributed by atoms with Crippen LogP contribution < -0.4 is 4.90 Å². The van der Waals surface area contributed by atoms with Crippen molar-refractivity contribution >= 4 is 16.7 Å². The molecule has 1 aliphatic rings. The number of hydrogen-bond donors (Lipinski definition) is 1. The highest BCUT2D eigenvalue weighted by molar-refractivity contribution is 5.79. The number of rotatable bonds is 2. The van der Waals surface area contributed by atoms with Gasteiger partial charge < -0.3 is 14.6 Å². The molecule has 0 amide bonds. The molecular weight excluding hydrogens is 274 g/mol. The Kier molecular flexibility index (Phi) is 2.89. The number of imidazole rings is 1. The van der Waals surface area contributed by atoms with E-state index in [2.05, 4.69) is 64.8 Å². The van der Waals surface area contributed by atoms with E-state index >= 15 is 0 Å². The third-order valence-electron chi connectivity index (χ3n) is 4.14. The Morgan fingerprint density at radius 2 is 2.00 bits per heavy atom. The minimum atomic E-state index is 0.0485. The zero-order chi connectivity index (χ0) is 15.1. The molecule has 110 valence electrons. The van der Waals surface area contributed by atoms with E-state index in [1.165, 1.54) is 5.56 Å². The van der Waals surface area contributed by atoms with Gasteiger partial charge in [-0.2, -0.15) is 0 Å². The molecule has 4 nitrogen and oxygen atoms in total. The highest BCUT2D eigenvalue weighted by Gasteiger charge is 2.37. The van der Waals surface area contributed by atoms with Gasteiger partial charge in [-0.15, -0.1) is 0 Å². The summed E-state index contributed by atoms with van der Waals surface area (Å²) in [7, 11) is 0. The molecule has 0 unspecified atom stereocenters. The maximum Gasteiger partial charge on any atom is 0.187 e.